The zero-order valence-electron chi connectivity index (χ0n) is 9.80. The predicted octanol–water partition coefficient (Wildman–Crippen LogP) is 2.47. The zero-order chi connectivity index (χ0) is 12.5. The van der Waals surface area contributed by atoms with Crippen molar-refractivity contribution in [1.82, 2.24) is 19.9 Å². The number of rotatable bonds is 3. The first kappa shape index (κ1) is 11.3. The Kier molecular flexibility index (Phi) is 2.83. The van der Waals surface area contributed by atoms with Crippen molar-refractivity contribution < 1.29 is 4.74 Å². The summed E-state index contributed by atoms with van der Waals surface area (Å²) in [5.41, 5.74) is 1.61. The second kappa shape index (κ2) is 4.49. The number of aromatic nitrogens is 4. The lowest BCUT2D eigenvalue weighted by Crippen LogP contribution is -1.98. The van der Waals surface area contributed by atoms with Crippen molar-refractivity contribution in [2.24, 2.45) is 0 Å². The third kappa shape index (κ3) is 2.26. The van der Waals surface area contributed by atoms with E-state index in [0.29, 0.717) is 28.5 Å². The minimum Gasteiger partial charge on any atom is -0.481 e. The lowest BCUT2D eigenvalue weighted by Gasteiger charge is -2.04. The number of methoxy groups -OCH3 is 1. The molecule has 0 N–H and O–H groups in total. The van der Waals surface area contributed by atoms with Gasteiger partial charge in [-0.05, 0) is 18.9 Å². The van der Waals surface area contributed by atoms with Gasteiger partial charge in [0.1, 0.15) is 17.2 Å². The first-order chi connectivity index (χ1) is 8.76. The van der Waals surface area contributed by atoms with Crippen molar-refractivity contribution in [2.75, 3.05) is 7.11 Å². The number of nitrogens with zero attached hydrogens (tertiary/aromatic N) is 4. The molecule has 1 aliphatic rings. The summed E-state index contributed by atoms with van der Waals surface area (Å²) in [6.07, 6.45) is 3.76. The molecule has 0 atom stereocenters. The molecule has 92 valence electrons. The molecule has 1 aliphatic carbocycles. The number of hydrogen-bond acceptors (Lipinski definition) is 5. The summed E-state index contributed by atoms with van der Waals surface area (Å²) in [5.74, 6) is 1.52. The van der Waals surface area contributed by atoms with Crippen molar-refractivity contribution >= 4 is 11.6 Å². The molecule has 6 heteroatoms. The lowest BCUT2D eigenvalue weighted by atomic mass is 10.2. The maximum Gasteiger partial charge on any atom is 0.216 e. The minimum atomic E-state index is 0.444. The van der Waals surface area contributed by atoms with Gasteiger partial charge in [-0.2, -0.15) is 0 Å². The van der Waals surface area contributed by atoms with Crippen LogP contribution in [-0.2, 0) is 0 Å². The van der Waals surface area contributed by atoms with Crippen LogP contribution in [0.3, 0.4) is 0 Å². The molecule has 2 aromatic heterocycles. The number of hydrogen-bond donors (Lipinski definition) is 0. The molecular weight excluding hydrogens is 252 g/mol. The fourth-order valence-corrected chi connectivity index (χ4v) is 1.90. The Morgan fingerprint density at radius 2 is 2.06 bits per heavy atom. The summed E-state index contributed by atoms with van der Waals surface area (Å²) < 4.78 is 5.06. The third-order valence-corrected chi connectivity index (χ3v) is 2.98. The quantitative estimate of drug-likeness (QED) is 0.795. The molecule has 3 rings (SSSR count). The maximum absolute atomic E-state index is 6.02. The van der Waals surface area contributed by atoms with Gasteiger partial charge in [-0.3, -0.25) is 0 Å². The summed E-state index contributed by atoms with van der Waals surface area (Å²) in [4.78, 5) is 16.8. The molecule has 1 fully saturated rings. The van der Waals surface area contributed by atoms with Crippen LogP contribution in [0.4, 0.5) is 0 Å². The van der Waals surface area contributed by atoms with Gasteiger partial charge in [0, 0.05) is 17.7 Å². The third-order valence-electron chi connectivity index (χ3n) is 2.79. The number of ether oxygens (including phenoxy) is 1. The Hall–Kier alpha value is -1.75. The summed E-state index contributed by atoms with van der Waals surface area (Å²) >= 11 is 6.02. The van der Waals surface area contributed by atoms with E-state index in [1.807, 2.05) is 6.07 Å². The Balaban J connectivity index is 2.04. The molecule has 5 nitrogen and oxygen atoms in total. The molecule has 2 aromatic rings. The van der Waals surface area contributed by atoms with Gasteiger partial charge in [-0.25, -0.2) is 19.9 Å². The van der Waals surface area contributed by atoms with Crippen molar-refractivity contribution in [3.63, 3.8) is 0 Å². The number of halogens is 1. The van der Waals surface area contributed by atoms with Crippen molar-refractivity contribution in [1.29, 1.82) is 0 Å². The van der Waals surface area contributed by atoms with Crippen LogP contribution in [-0.4, -0.2) is 27.0 Å². The van der Waals surface area contributed by atoms with Crippen LogP contribution in [0.25, 0.3) is 11.5 Å². The smallest absolute Gasteiger partial charge is 0.216 e. The van der Waals surface area contributed by atoms with Crippen LogP contribution in [0.2, 0.25) is 5.15 Å². The second-order valence-corrected chi connectivity index (χ2v) is 4.55. The highest BCUT2D eigenvalue weighted by molar-refractivity contribution is 6.29. The van der Waals surface area contributed by atoms with E-state index in [0.717, 1.165) is 5.69 Å². The average Bonchev–Trinajstić information content (AvgIpc) is 3.22. The Labute approximate surface area is 109 Å². The van der Waals surface area contributed by atoms with Crippen LogP contribution in [0.15, 0.2) is 18.5 Å². The van der Waals surface area contributed by atoms with E-state index < -0.39 is 0 Å². The summed E-state index contributed by atoms with van der Waals surface area (Å²) in [6.45, 7) is 0. The van der Waals surface area contributed by atoms with Gasteiger partial charge in [-0.15, -0.1) is 0 Å². The largest absolute Gasteiger partial charge is 0.481 e. The van der Waals surface area contributed by atoms with E-state index in [1.165, 1.54) is 19.2 Å². The Morgan fingerprint density at radius 3 is 2.78 bits per heavy atom. The molecule has 18 heavy (non-hydrogen) atoms. The second-order valence-electron chi connectivity index (χ2n) is 4.16. The molecule has 0 radical (unpaired) electrons. The summed E-state index contributed by atoms with van der Waals surface area (Å²) in [6, 6.07) is 3.52. The van der Waals surface area contributed by atoms with E-state index >= 15 is 0 Å². The van der Waals surface area contributed by atoms with Crippen LogP contribution in [0, 0.1) is 0 Å². The average molecular weight is 263 g/mol. The Bertz CT molecular complexity index is 586. The van der Waals surface area contributed by atoms with E-state index in [1.54, 1.807) is 13.2 Å². The highest BCUT2D eigenvalue weighted by atomic mass is 35.5. The predicted molar refractivity (Wildman–Crippen MR) is 66.6 cm³/mol. The van der Waals surface area contributed by atoms with Gasteiger partial charge in [0.2, 0.25) is 5.88 Å². The molecule has 0 bridgehead atoms. The molecule has 0 aromatic carbocycles. The maximum atomic E-state index is 6.02. The first-order valence-corrected chi connectivity index (χ1v) is 6.05. The standard InChI is InChI=1S/C12H11ClN4O/c1-18-11-5-9(14-6-15-11)12-16-8(7-2-3-7)4-10(13)17-12/h4-7H,2-3H2,1H3. The molecule has 0 aliphatic heterocycles. The van der Waals surface area contributed by atoms with Crippen LogP contribution in [0.5, 0.6) is 5.88 Å². The molecular formula is C12H11ClN4O. The molecule has 0 spiro atoms. The van der Waals surface area contributed by atoms with E-state index in [-0.39, 0.29) is 0 Å². The monoisotopic (exact) mass is 262 g/mol. The molecule has 0 saturated heterocycles. The zero-order valence-corrected chi connectivity index (χ0v) is 10.6. The normalized spacial score (nSPS) is 14.6. The van der Waals surface area contributed by atoms with Crippen LogP contribution >= 0.6 is 11.6 Å². The van der Waals surface area contributed by atoms with Gasteiger partial charge in [0.25, 0.3) is 0 Å². The van der Waals surface area contributed by atoms with Gasteiger partial charge in [0.15, 0.2) is 5.82 Å². The Morgan fingerprint density at radius 1 is 1.22 bits per heavy atom. The summed E-state index contributed by atoms with van der Waals surface area (Å²) in [5, 5.41) is 0.444. The van der Waals surface area contributed by atoms with Gasteiger partial charge in [0.05, 0.1) is 7.11 Å². The minimum absolute atomic E-state index is 0.444. The van der Waals surface area contributed by atoms with E-state index in [2.05, 4.69) is 19.9 Å². The van der Waals surface area contributed by atoms with Crippen LogP contribution in [0.1, 0.15) is 24.5 Å². The highest BCUT2D eigenvalue weighted by Gasteiger charge is 2.26. The fraction of sp³-hybridized carbons (Fsp3) is 0.333. The molecule has 0 amide bonds. The first-order valence-electron chi connectivity index (χ1n) is 5.67. The van der Waals surface area contributed by atoms with E-state index in [4.69, 9.17) is 16.3 Å². The van der Waals surface area contributed by atoms with E-state index in [9.17, 15) is 0 Å². The SMILES string of the molecule is COc1cc(-c2nc(Cl)cc(C3CC3)n2)ncn1. The molecule has 2 heterocycles. The van der Waals surface area contributed by atoms with Gasteiger partial charge < -0.3 is 4.74 Å². The highest BCUT2D eigenvalue weighted by Crippen LogP contribution is 2.40. The summed E-state index contributed by atoms with van der Waals surface area (Å²) in [7, 11) is 1.56. The van der Waals surface area contributed by atoms with Gasteiger partial charge >= 0.3 is 0 Å². The van der Waals surface area contributed by atoms with Gasteiger partial charge in [-0.1, -0.05) is 11.6 Å². The van der Waals surface area contributed by atoms with Crippen molar-refractivity contribution in [3.8, 4) is 17.4 Å². The molecule has 0 unspecified atom stereocenters. The van der Waals surface area contributed by atoms with Crippen LogP contribution < -0.4 is 4.74 Å². The topological polar surface area (TPSA) is 60.8 Å². The fourth-order valence-electron chi connectivity index (χ4n) is 1.71. The van der Waals surface area contributed by atoms with Crippen molar-refractivity contribution in [2.45, 2.75) is 18.8 Å². The molecule has 1 saturated carbocycles. The lowest BCUT2D eigenvalue weighted by molar-refractivity contribution is 0.397. The van der Waals surface area contributed by atoms with Crippen molar-refractivity contribution in [3.05, 3.63) is 29.3 Å².